The smallest absolute Gasteiger partial charge is 0.0145 e. The third-order valence-corrected chi connectivity index (χ3v) is 6.80. The van der Waals surface area contributed by atoms with Crippen LogP contribution in [0.25, 0.3) is 0 Å². The molecule has 0 bridgehead atoms. The van der Waals surface area contributed by atoms with Crippen LogP contribution < -0.4 is 0 Å². The van der Waals surface area contributed by atoms with Crippen molar-refractivity contribution in [3.8, 4) is 0 Å². The molecule has 1 aliphatic rings. The fourth-order valence-corrected chi connectivity index (χ4v) is 4.55. The second-order valence-electron chi connectivity index (χ2n) is 8.78. The summed E-state index contributed by atoms with van der Waals surface area (Å²) in [4.78, 5) is 0. The Labute approximate surface area is 141 Å². The normalized spacial score (nSPS) is 31.1. The van der Waals surface area contributed by atoms with Gasteiger partial charge in [-0.25, -0.2) is 0 Å². The molecular weight excluding hydrogens is 264 g/mol. The SMILES string of the molecule is CCCC(CC)=C(CC1CC(C)C(C)C(C)C1)C(C)(C)CC. The van der Waals surface area contributed by atoms with Crippen molar-refractivity contribution in [2.24, 2.45) is 29.1 Å². The first-order valence-electron chi connectivity index (χ1n) is 9.98. The van der Waals surface area contributed by atoms with E-state index in [1.165, 1.54) is 44.9 Å². The summed E-state index contributed by atoms with van der Waals surface area (Å²) in [5.74, 6) is 3.62. The van der Waals surface area contributed by atoms with Crippen molar-refractivity contribution < 1.29 is 0 Å². The van der Waals surface area contributed by atoms with Crippen molar-refractivity contribution in [3.63, 3.8) is 0 Å². The van der Waals surface area contributed by atoms with Crippen LogP contribution in [-0.2, 0) is 0 Å². The van der Waals surface area contributed by atoms with Crippen LogP contribution >= 0.6 is 0 Å². The molecule has 0 nitrogen and oxygen atoms in total. The standard InChI is InChI=1S/C22H42/c1-9-12-20(10-2)21(22(7,8)11-3)15-19-13-16(4)18(6)17(5)14-19/h16-19H,9-15H2,1-8H3. The second kappa shape index (κ2) is 8.55. The summed E-state index contributed by atoms with van der Waals surface area (Å²) in [6.45, 7) is 19.4. The molecule has 0 aromatic heterocycles. The van der Waals surface area contributed by atoms with Gasteiger partial charge >= 0.3 is 0 Å². The molecule has 0 amide bonds. The Kier molecular flexibility index (Phi) is 7.69. The number of hydrogen-bond acceptors (Lipinski definition) is 0. The molecule has 0 aromatic carbocycles. The molecular formula is C22H42. The summed E-state index contributed by atoms with van der Waals surface area (Å²) < 4.78 is 0. The molecule has 0 heterocycles. The van der Waals surface area contributed by atoms with Gasteiger partial charge in [0, 0.05) is 0 Å². The van der Waals surface area contributed by atoms with E-state index in [2.05, 4.69) is 55.4 Å². The summed E-state index contributed by atoms with van der Waals surface area (Å²) in [5, 5.41) is 0. The van der Waals surface area contributed by atoms with Gasteiger partial charge in [-0.05, 0) is 67.6 Å². The zero-order chi connectivity index (χ0) is 16.9. The van der Waals surface area contributed by atoms with Gasteiger partial charge < -0.3 is 0 Å². The van der Waals surface area contributed by atoms with Gasteiger partial charge in [-0.15, -0.1) is 0 Å². The fraction of sp³-hybridized carbons (Fsp3) is 0.909. The molecule has 1 fully saturated rings. The number of allylic oxidation sites excluding steroid dienone is 2. The number of rotatable bonds is 7. The van der Waals surface area contributed by atoms with Crippen LogP contribution in [0.3, 0.4) is 0 Å². The van der Waals surface area contributed by atoms with Crippen LogP contribution in [-0.4, -0.2) is 0 Å². The van der Waals surface area contributed by atoms with Crippen molar-refractivity contribution >= 4 is 0 Å². The molecule has 130 valence electrons. The van der Waals surface area contributed by atoms with Crippen molar-refractivity contribution in [2.45, 2.75) is 100 Å². The second-order valence-corrected chi connectivity index (χ2v) is 8.78. The van der Waals surface area contributed by atoms with Gasteiger partial charge in [-0.3, -0.25) is 0 Å². The van der Waals surface area contributed by atoms with E-state index in [0.29, 0.717) is 5.41 Å². The molecule has 1 aliphatic carbocycles. The van der Waals surface area contributed by atoms with Crippen LogP contribution in [0.2, 0.25) is 0 Å². The molecule has 0 aromatic rings. The predicted molar refractivity (Wildman–Crippen MR) is 101 cm³/mol. The molecule has 0 heteroatoms. The lowest BCUT2D eigenvalue weighted by Crippen LogP contribution is -2.29. The molecule has 0 aliphatic heterocycles. The Morgan fingerprint density at radius 3 is 1.91 bits per heavy atom. The Bertz CT molecular complexity index is 348. The van der Waals surface area contributed by atoms with Crippen molar-refractivity contribution in [2.75, 3.05) is 0 Å². The zero-order valence-electron chi connectivity index (χ0n) is 16.8. The van der Waals surface area contributed by atoms with Crippen LogP contribution in [0.5, 0.6) is 0 Å². The van der Waals surface area contributed by atoms with Crippen molar-refractivity contribution in [1.29, 1.82) is 0 Å². The fourth-order valence-electron chi connectivity index (χ4n) is 4.55. The van der Waals surface area contributed by atoms with E-state index in [4.69, 9.17) is 0 Å². The largest absolute Gasteiger partial charge is 0.0707 e. The van der Waals surface area contributed by atoms with Crippen molar-refractivity contribution in [1.82, 2.24) is 0 Å². The van der Waals surface area contributed by atoms with E-state index in [9.17, 15) is 0 Å². The predicted octanol–water partition coefficient (Wildman–Crippen LogP) is 7.64. The molecule has 22 heavy (non-hydrogen) atoms. The van der Waals surface area contributed by atoms with Gasteiger partial charge in [-0.2, -0.15) is 0 Å². The molecule has 0 spiro atoms. The summed E-state index contributed by atoms with van der Waals surface area (Å²) in [7, 11) is 0. The molecule has 2 atom stereocenters. The maximum Gasteiger partial charge on any atom is -0.0145 e. The Balaban J connectivity index is 2.99. The summed E-state index contributed by atoms with van der Waals surface area (Å²) in [6, 6.07) is 0. The van der Waals surface area contributed by atoms with E-state index in [1.807, 2.05) is 5.57 Å². The first-order valence-corrected chi connectivity index (χ1v) is 9.98. The van der Waals surface area contributed by atoms with Gasteiger partial charge in [0.15, 0.2) is 0 Å². The Morgan fingerprint density at radius 2 is 1.50 bits per heavy atom. The first kappa shape index (κ1) is 19.8. The van der Waals surface area contributed by atoms with E-state index < -0.39 is 0 Å². The van der Waals surface area contributed by atoms with Gasteiger partial charge in [0.2, 0.25) is 0 Å². The monoisotopic (exact) mass is 306 g/mol. The lowest BCUT2D eigenvalue weighted by Gasteiger charge is -2.40. The zero-order valence-corrected chi connectivity index (χ0v) is 16.8. The summed E-state index contributed by atoms with van der Waals surface area (Å²) in [5.41, 5.74) is 3.97. The molecule has 0 saturated heterocycles. The van der Waals surface area contributed by atoms with Crippen LogP contribution in [0.15, 0.2) is 11.1 Å². The minimum Gasteiger partial charge on any atom is -0.0707 e. The molecule has 0 radical (unpaired) electrons. The lowest BCUT2D eigenvalue weighted by molar-refractivity contribution is 0.137. The quantitative estimate of drug-likeness (QED) is 0.424. The van der Waals surface area contributed by atoms with Crippen LogP contribution in [0.1, 0.15) is 100 Å². The number of hydrogen-bond donors (Lipinski definition) is 0. The topological polar surface area (TPSA) is 0 Å². The summed E-state index contributed by atoms with van der Waals surface area (Å²) >= 11 is 0. The van der Waals surface area contributed by atoms with Gasteiger partial charge in [0.25, 0.3) is 0 Å². The first-order chi connectivity index (χ1) is 10.3. The van der Waals surface area contributed by atoms with Gasteiger partial charge in [0.1, 0.15) is 0 Å². The molecule has 2 unspecified atom stereocenters. The minimum absolute atomic E-state index is 0.385. The average Bonchev–Trinajstić information content (AvgIpc) is 2.48. The van der Waals surface area contributed by atoms with Gasteiger partial charge in [-0.1, -0.05) is 73.0 Å². The Morgan fingerprint density at radius 1 is 0.955 bits per heavy atom. The highest BCUT2D eigenvalue weighted by atomic mass is 14.4. The van der Waals surface area contributed by atoms with E-state index in [1.54, 1.807) is 5.57 Å². The average molecular weight is 307 g/mol. The molecule has 1 rings (SSSR count). The van der Waals surface area contributed by atoms with Crippen LogP contribution in [0, 0.1) is 29.1 Å². The lowest BCUT2D eigenvalue weighted by atomic mass is 9.65. The van der Waals surface area contributed by atoms with E-state index in [-0.39, 0.29) is 0 Å². The Hall–Kier alpha value is -0.260. The molecule has 1 saturated carbocycles. The highest BCUT2D eigenvalue weighted by Crippen LogP contribution is 2.45. The van der Waals surface area contributed by atoms with Gasteiger partial charge in [0.05, 0.1) is 0 Å². The summed E-state index contributed by atoms with van der Waals surface area (Å²) in [6.07, 6.45) is 9.37. The maximum absolute atomic E-state index is 2.48. The highest BCUT2D eigenvalue weighted by Gasteiger charge is 2.33. The van der Waals surface area contributed by atoms with Crippen molar-refractivity contribution in [3.05, 3.63) is 11.1 Å². The minimum atomic E-state index is 0.385. The molecule has 0 N–H and O–H groups in total. The highest BCUT2D eigenvalue weighted by molar-refractivity contribution is 5.21. The van der Waals surface area contributed by atoms with E-state index >= 15 is 0 Å². The van der Waals surface area contributed by atoms with E-state index in [0.717, 1.165) is 23.7 Å². The third-order valence-electron chi connectivity index (χ3n) is 6.80. The third kappa shape index (κ3) is 4.87. The maximum atomic E-state index is 2.48. The van der Waals surface area contributed by atoms with Crippen LogP contribution in [0.4, 0.5) is 0 Å².